The lowest BCUT2D eigenvalue weighted by atomic mass is 9.99. The highest BCUT2D eigenvalue weighted by atomic mass is 16.5. The normalized spacial score (nSPS) is 11.8. The maximum atomic E-state index is 12.2. The molecule has 3 aromatic rings. The second-order valence-corrected chi connectivity index (χ2v) is 5.75. The van der Waals surface area contributed by atoms with Gasteiger partial charge >= 0.3 is 5.97 Å². The molecule has 4 rings (SSSR count). The van der Waals surface area contributed by atoms with Gasteiger partial charge in [-0.15, -0.1) is 0 Å². The molecule has 0 fully saturated rings. The second kappa shape index (κ2) is 5.87. The van der Waals surface area contributed by atoms with Gasteiger partial charge in [-0.2, -0.15) is 0 Å². The van der Waals surface area contributed by atoms with E-state index in [4.69, 9.17) is 9.47 Å². The number of benzene rings is 3. The fraction of sp³-hybridized carbons (Fsp3) is 0.0500. The van der Waals surface area contributed by atoms with E-state index in [1.165, 1.54) is 12.1 Å². The monoisotopic (exact) mass is 334 g/mol. The average Bonchev–Trinajstić information content (AvgIpc) is 2.61. The Morgan fingerprint density at radius 3 is 2.48 bits per heavy atom. The Kier molecular flexibility index (Phi) is 3.54. The van der Waals surface area contributed by atoms with E-state index in [0.717, 1.165) is 11.1 Å². The Morgan fingerprint density at radius 2 is 1.68 bits per heavy atom. The van der Waals surface area contributed by atoms with Crippen molar-refractivity contribution in [2.75, 3.05) is 0 Å². The highest BCUT2D eigenvalue weighted by molar-refractivity contribution is 5.91. The van der Waals surface area contributed by atoms with Crippen molar-refractivity contribution in [2.45, 2.75) is 6.42 Å². The zero-order valence-electron chi connectivity index (χ0n) is 13.1. The summed E-state index contributed by atoms with van der Waals surface area (Å²) >= 11 is 0. The minimum atomic E-state index is -0.544. The number of carbonyl (C=O) groups excluding carboxylic acids is 1. The van der Waals surface area contributed by atoms with Crippen molar-refractivity contribution in [3.63, 3.8) is 0 Å². The molecule has 0 radical (unpaired) electrons. The molecule has 5 nitrogen and oxygen atoms in total. The summed E-state index contributed by atoms with van der Waals surface area (Å²) in [4.78, 5) is 12.2. The predicted octanol–water partition coefficient (Wildman–Crippen LogP) is 4.01. The number of fused-ring (bicyclic) bond motifs is 2. The zero-order chi connectivity index (χ0) is 17.4. The number of aromatic hydroxyl groups is 2. The number of esters is 1. The van der Waals surface area contributed by atoms with Crippen LogP contribution in [0.3, 0.4) is 0 Å². The van der Waals surface area contributed by atoms with E-state index in [1.807, 2.05) is 0 Å². The van der Waals surface area contributed by atoms with Crippen LogP contribution in [0.2, 0.25) is 0 Å². The molecule has 1 aliphatic heterocycles. The number of hydrogen-bond donors (Lipinski definition) is 2. The largest absolute Gasteiger partial charge is 0.508 e. The number of ether oxygens (including phenoxy) is 2. The lowest BCUT2D eigenvalue weighted by molar-refractivity contribution is 0.0729. The average molecular weight is 334 g/mol. The van der Waals surface area contributed by atoms with Crippen molar-refractivity contribution in [1.82, 2.24) is 0 Å². The van der Waals surface area contributed by atoms with Crippen LogP contribution in [-0.4, -0.2) is 16.2 Å². The van der Waals surface area contributed by atoms with Gasteiger partial charge in [0.05, 0.1) is 5.56 Å². The van der Waals surface area contributed by atoms with Crippen molar-refractivity contribution in [3.8, 4) is 28.7 Å². The summed E-state index contributed by atoms with van der Waals surface area (Å²) in [6.07, 6.45) is 0.543. The van der Waals surface area contributed by atoms with Crippen molar-refractivity contribution in [1.29, 1.82) is 0 Å². The first kappa shape index (κ1) is 15.1. The smallest absolute Gasteiger partial charge is 0.343 e. The van der Waals surface area contributed by atoms with Gasteiger partial charge in [-0.25, -0.2) is 4.79 Å². The third-order valence-corrected chi connectivity index (χ3v) is 4.01. The summed E-state index contributed by atoms with van der Waals surface area (Å²) in [5, 5.41) is 19.7. The topological polar surface area (TPSA) is 76.0 Å². The fourth-order valence-electron chi connectivity index (χ4n) is 2.75. The van der Waals surface area contributed by atoms with Crippen molar-refractivity contribution in [3.05, 3.63) is 77.4 Å². The number of rotatable bonds is 2. The summed E-state index contributed by atoms with van der Waals surface area (Å²) in [5.74, 6) is 0.471. The fourth-order valence-corrected chi connectivity index (χ4v) is 2.75. The van der Waals surface area contributed by atoms with Crippen LogP contribution in [0.5, 0.6) is 28.7 Å². The van der Waals surface area contributed by atoms with Gasteiger partial charge in [0.15, 0.2) is 11.5 Å². The molecule has 1 aliphatic rings. The molecule has 1 heterocycles. The van der Waals surface area contributed by atoms with E-state index in [1.54, 1.807) is 48.5 Å². The van der Waals surface area contributed by atoms with Gasteiger partial charge < -0.3 is 19.7 Å². The number of phenols is 2. The molecule has 2 N–H and O–H groups in total. The van der Waals surface area contributed by atoms with Gasteiger partial charge in [0.25, 0.3) is 0 Å². The highest BCUT2D eigenvalue weighted by Gasteiger charge is 2.21. The van der Waals surface area contributed by atoms with Gasteiger partial charge in [0, 0.05) is 24.1 Å². The molecule has 124 valence electrons. The first-order valence-corrected chi connectivity index (χ1v) is 7.73. The van der Waals surface area contributed by atoms with E-state index >= 15 is 0 Å². The van der Waals surface area contributed by atoms with Crippen LogP contribution >= 0.6 is 0 Å². The minimum absolute atomic E-state index is 0.0819. The molecule has 0 aromatic heterocycles. The molecule has 0 aliphatic carbocycles. The van der Waals surface area contributed by atoms with E-state index in [9.17, 15) is 15.0 Å². The predicted molar refractivity (Wildman–Crippen MR) is 90.5 cm³/mol. The van der Waals surface area contributed by atoms with Crippen LogP contribution in [0.4, 0.5) is 0 Å². The molecule has 0 amide bonds. The summed E-state index contributed by atoms with van der Waals surface area (Å²) in [6.45, 7) is 0. The van der Waals surface area contributed by atoms with E-state index < -0.39 is 5.97 Å². The van der Waals surface area contributed by atoms with Crippen LogP contribution in [0, 0.1) is 0 Å². The zero-order valence-corrected chi connectivity index (χ0v) is 13.1. The van der Waals surface area contributed by atoms with E-state index in [2.05, 4.69) is 0 Å². The molecule has 0 unspecified atom stereocenters. The summed E-state index contributed by atoms with van der Waals surface area (Å²) in [5.41, 5.74) is 2.08. The van der Waals surface area contributed by atoms with E-state index in [0.29, 0.717) is 23.5 Å². The van der Waals surface area contributed by atoms with Crippen LogP contribution in [0.15, 0.2) is 60.7 Å². The third-order valence-electron chi connectivity index (χ3n) is 4.01. The molecule has 0 spiro atoms. The highest BCUT2D eigenvalue weighted by Crippen LogP contribution is 2.43. The maximum Gasteiger partial charge on any atom is 0.343 e. The number of phenolic OH excluding ortho intramolecular Hbond substituents is 2. The summed E-state index contributed by atoms with van der Waals surface area (Å²) in [6, 6.07) is 16.5. The minimum Gasteiger partial charge on any atom is -0.508 e. The molecule has 25 heavy (non-hydrogen) atoms. The van der Waals surface area contributed by atoms with E-state index in [-0.39, 0.29) is 17.2 Å². The maximum absolute atomic E-state index is 12.2. The quantitative estimate of drug-likeness (QED) is 0.428. The Bertz CT molecular complexity index is 963. The molecule has 0 atom stereocenters. The SMILES string of the molecule is O=C(Oc1cc2c(cc1O)Oc1cc(O)ccc1C2)c1ccccc1. The van der Waals surface area contributed by atoms with Gasteiger partial charge in [-0.1, -0.05) is 24.3 Å². The lowest BCUT2D eigenvalue weighted by Gasteiger charge is -2.21. The molecule has 0 saturated carbocycles. The number of hydrogen-bond acceptors (Lipinski definition) is 5. The Morgan fingerprint density at radius 1 is 0.920 bits per heavy atom. The van der Waals surface area contributed by atoms with Crippen LogP contribution in [0.25, 0.3) is 0 Å². The lowest BCUT2D eigenvalue weighted by Crippen LogP contribution is -2.09. The van der Waals surface area contributed by atoms with Crippen LogP contribution < -0.4 is 9.47 Å². The molecular weight excluding hydrogens is 320 g/mol. The first-order chi connectivity index (χ1) is 12.1. The van der Waals surface area contributed by atoms with Crippen LogP contribution in [-0.2, 0) is 6.42 Å². The molecule has 0 saturated heterocycles. The standard InChI is InChI=1S/C20H14O5/c21-15-7-6-13-8-14-9-19(16(22)11-18(14)24-17(13)10-15)25-20(23)12-4-2-1-3-5-12/h1-7,9-11,21-22H,8H2. The Balaban J connectivity index is 1.64. The van der Waals surface area contributed by atoms with Gasteiger partial charge in [0.1, 0.15) is 17.2 Å². The third kappa shape index (κ3) is 2.87. The van der Waals surface area contributed by atoms with Crippen molar-refractivity contribution in [2.24, 2.45) is 0 Å². The summed E-state index contributed by atoms with van der Waals surface area (Å²) < 4.78 is 11.0. The molecule has 3 aromatic carbocycles. The van der Waals surface area contributed by atoms with Crippen molar-refractivity contribution < 1.29 is 24.5 Å². The molecule has 5 heteroatoms. The van der Waals surface area contributed by atoms with Gasteiger partial charge in [-0.05, 0) is 29.8 Å². The summed E-state index contributed by atoms with van der Waals surface area (Å²) in [7, 11) is 0. The van der Waals surface area contributed by atoms with Crippen molar-refractivity contribution >= 4 is 5.97 Å². The number of carbonyl (C=O) groups is 1. The molecule has 0 bridgehead atoms. The Hall–Kier alpha value is -3.47. The van der Waals surface area contributed by atoms with Crippen LogP contribution in [0.1, 0.15) is 21.5 Å². The van der Waals surface area contributed by atoms with Gasteiger partial charge in [-0.3, -0.25) is 0 Å². The Labute approximate surface area is 143 Å². The first-order valence-electron chi connectivity index (χ1n) is 7.73. The van der Waals surface area contributed by atoms with Gasteiger partial charge in [0.2, 0.25) is 0 Å². The second-order valence-electron chi connectivity index (χ2n) is 5.75. The molecular formula is C20H14O5.